The molecule has 0 atom stereocenters. The van der Waals surface area contributed by atoms with E-state index >= 15 is 0 Å². The molecule has 0 amide bonds. The number of anilines is 1. The average molecular weight is 296 g/mol. The Balaban J connectivity index is 1.87. The number of nitrogens with one attached hydrogen (secondary N) is 2. The lowest BCUT2D eigenvalue weighted by Crippen LogP contribution is -2.44. The van der Waals surface area contributed by atoms with Crippen molar-refractivity contribution in [2.45, 2.75) is 13.3 Å². The second-order valence-electron chi connectivity index (χ2n) is 5.25. The van der Waals surface area contributed by atoms with E-state index in [0.29, 0.717) is 17.8 Å². The van der Waals surface area contributed by atoms with Crippen molar-refractivity contribution in [1.82, 2.24) is 10.2 Å². The molecule has 0 aromatic heterocycles. The van der Waals surface area contributed by atoms with Crippen molar-refractivity contribution < 1.29 is 9.31 Å². The van der Waals surface area contributed by atoms with E-state index in [1.165, 1.54) is 6.07 Å². The Hall–Kier alpha value is -1.73. The molecule has 21 heavy (non-hydrogen) atoms. The summed E-state index contributed by atoms with van der Waals surface area (Å²) in [7, 11) is 0. The Kier molecular flexibility index (Phi) is 5.46. The number of nitro groups is 1. The number of benzene rings is 1. The van der Waals surface area contributed by atoms with Gasteiger partial charge in [-0.1, -0.05) is 0 Å². The van der Waals surface area contributed by atoms with E-state index in [1.54, 1.807) is 6.92 Å². The van der Waals surface area contributed by atoms with Crippen molar-refractivity contribution in [3.8, 4) is 0 Å². The summed E-state index contributed by atoms with van der Waals surface area (Å²) < 4.78 is 13.4. The lowest BCUT2D eigenvalue weighted by molar-refractivity contribution is -0.384. The van der Waals surface area contributed by atoms with Crippen LogP contribution < -0.4 is 10.6 Å². The van der Waals surface area contributed by atoms with Crippen LogP contribution in [-0.2, 0) is 0 Å². The smallest absolute Gasteiger partial charge is 0.295 e. The fourth-order valence-corrected chi connectivity index (χ4v) is 2.42. The summed E-state index contributed by atoms with van der Waals surface area (Å²) in [6.07, 6.45) is 0.896. The van der Waals surface area contributed by atoms with Gasteiger partial charge in [0.1, 0.15) is 11.5 Å². The van der Waals surface area contributed by atoms with Crippen LogP contribution >= 0.6 is 0 Å². The van der Waals surface area contributed by atoms with Gasteiger partial charge in [0, 0.05) is 32.7 Å². The number of aryl methyl sites for hydroxylation is 1. The van der Waals surface area contributed by atoms with E-state index in [1.807, 2.05) is 0 Å². The molecule has 0 saturated carbocycles. The third-order valence-corrected chi connectivity index (χ3v) is 3.65. The fraction of sp³-hybridized carbons (Fsp3) is 0.571. The molecule has 1 fully saturated rings. The molecule has 0 aliphatic carbocycles. The monoisotopic (exact) mass is 296 g/mol. The molecule has 6 nitrogen and oxygen atoms in total. The van der Waals surface area contributed by atoms with Gasteiger partial charge in [0.2, 0.25) is 0 Å². The summed E-state index contributed by atoms with van der Waals surface area (Å²) in [6.45, 7) is 7.29. The van der Waals surface area contributed by atoms with Crippen LogP contribution in [-0.4, -0.2) is 49.1 Å². The number of nitrogens with zero attached hydrogens (tertiary/aromatic N) is 2. The number of halogens is 1. The van der Waals surface area contributed by atoms with E-state index in [9.17, 15) is 14.5 Å². The molecule has 0 unspecified atom stereocenters. The van der Waals surface area contributed by atoms with Crippen LogP contribution in [0.4, 0.5) is 15.8 Å². The molecule has 1 heterocycles. The number of piperazine rings is 1. The molecular weight excluding hydrogens is 275 g/mol. The van der Waals surface area contributed by atoms with Gasteiger partial charge in [0.05, 0.1) is 11.0 Å². The largest absolute Gasteiger partial charge is 0.379 e. The molecule has 0 bridgehead atoms. The highest BCUT2D eigenvalue weighted by molar-refractivity contribution is 5.63. The Labute approximate surface area is 123 Å². The molecule has 0 spiro atoms. The lowest BCUT2D eigenvalue weighted by Gasteiger charge is -2.27. The minimum Gasteiger partial charge on any atom is -0.379 e. The zero-order valence-electron chi connectivity index (χ0n) is 12.2. The maximum absolute atomic E-state index is 13.4. The first-order valence-electron chi connectivity index (χ1n) is 7.19. The highest BCUT2D eigenvalue weighted by atomic mass is 19.1. The second kappa shape index (κ2) is 7.33. The fourth-order valence-electron chi connectivity index (χ4n) is 2.42. The molecule has 7 heteroatoms. The van der Waals surface area contributed by atoms with Gasteiger partial charge in [0.15, 0.2) is 0 Å². The minimum atomic E-state index is -0.554. The predicted molar refractivity (Wildman–Crippen MR) is 80.2 cm³/mol. The number of hydrogen-bond acceptors (Lipinski definition) is 5. The van der Waals surface area contributed by atoms with Gasteiger partial charge in [-0.05, 0) is 31.5 Å². The standard InChI is InChI=1S/C14H21FN4O2/c1-11-9-13(14(19(20)21)10-12(11)15)17-3-2-6-18-7-4-16-5-8-18/h9-10,16-17H,2-8H2,1H3. The maximum Gasteiger partial charge on any atom is 0.295 e. The first kappa shape index (κ1) is 15.7. The topological polar surface area (TPSA) is 70.4 Å². The highest BCUT2D eigenvalue weighted by Gasteiger charge is 2.16. The van der Waals surface area contributed by atoms with Crippen LogP contribution in [0.5, 0.6) is 0 Å². The molecule has 0 radical (unpaired) electrons. The van der Waals surface area contributed by atoms with Crippen molar-refractivity contribution in [3.05, 3.63) is 33.6 Å². The van der Waals surface area contributed by atoms with E-state index in [-0.39, 0.29) is 5.69 Å². The van der Waals surface area contributed by atoms with Gasteiger partial charge in [-0.25, -0.2) is 4.39 Å². The van der Waals surface area contributed by atoms with Crippen molar-refractivity contribution in [2.24, 2.45) is 0 Å². The molecule has 1 aromatic carbocycles. The second-order valence-corrected chi connectivity index (χ2v) is 5.25. The van der Waals surface area contributed by atoms with Crippen molar-refractivity contribution >= 4 is 11.4 Å². The van der Waals surface area contributed by atoms with Crippen molar-refractivity contribution in [3.63, 3.8) is 0 Å². The quantitative estimate of drug-likeness (QED) is 0.475. The highest BCUT2D eigenvalue weighted by Crippen LogP contribution is 2.27. The van der Waals surface area contributed by atoms with Crippen LogP contribution in [0.3, 0.4) is 0 Å². The summed E-state index contributed by atoms with van der Waals surface area (Å²) in [5.74, 6) is -0.548. The zero-order valence-corrected chi connectivity index (χ0v) is 12.2. The Morgan fingerprint density at radius 1 is 1.43 bits per heavy atom. The van der Waals surface area contributed by atoms with Crippen LogP contribution in [0.2, 0.25) is 0 Å². The van der Waals surface area contributed by atoms with E-state index < -0.39 is 10.7 Å². The van der Waals surface area contributed by atoms with Crippen molar-refractivity contribution in [2.75, 3.05) is 44.6 Å². The molecule has 1 aliphatic heterocycles. The Bertz CT molecular complexity index is 504. The van der Waals surface area contributed by atoms with Crippen LogP contribution in [0.15, 0.2) is 12.1 Å². The number of nitro benzene ring substituents is 1. The molecule has 1 aliphatic rings. The molecular formula is C14H21FN4O2. The van der Waals surface area contributed by atoms with Gasteiger partial charge in [-0.3, -0.25) is 10.1 Å². The molecule has 2 N–H and O–H groups in total. The van der Waals surface area contributed by atoms with Crippen LogP contribution in [0.25, 0.3) is 0 Å². The number of rotatable bonds is 6. The Morgan fingerprint density at radius 3 is 2.81 bits per heavy atom. The first-order chi connectivity index (χ1) is 10.1. The van der Waals surface area contributed by atoms with Gasteiger partial charge < -0.3 is 15.5 Å². The first-order valence-corrected chi connectivity index (χ1v) is 7.19. The SMILES string of the molecule is Cc1cc(NCCCN2CCNCC2)c([N+](=O)[O-])cc1F. The van der Waals surface area contributed by atoms with E-state index in [0.717, 1.165) is 45.2 Å². The van der Waals surface area contributed by atoms with Crippen molar-refractivity contribution in [1.29, 1.82) is 0 Å². The number of hydrogen-bond donors (Lipinski definition) is 2. The summed E-state index contributed by atoms with van der Waals surface area (Å²) in [6, 6.07) is 2.48. The van der Waals surface area contributed by atoms with Gasteiger partial charge in [-0.2, -0.15) is 0 Å². The summed E-state index contributed by atoms with van der Waals surface area (Å²) in [5.41, 5.74) is 0.588. The van der Waals surface area contributed by atoms with Crippen LogP contribution in [0, 0.1) is 22.9 Å². The molecule has 2 rings (SSSR count). The lowest BCUT2D eigenvalue weighted by atomic mass is 10.1. The predicted octanol–water partition coefficient (Wildman–Crippen LogP) is 1.75. The van der Waals surface area contributed by atoms with Crippen LogP contribution in [0.1, 0.15) is 12.0 Å². The third-order valence-electron chi connectivity index (χ3n) is 3.65. The zero-order chi connectivity index (χ0) is 15.2. The molecule has 116 valence electrons. The molecule has 1 aromatic rings. The van der Waals surface area contributed by atoms with E-state index in [4.69, 9.17) is 0 Å². The Morgan fingerprint density at radius 2 is 2.14 bits per heavy atom. The average Bonchev–Trinajstić information content (AvgIpc) is 2.47. The van der Waals surface area contributed by atoms with E-state index in [2.05, 4.69) is 15.5 Å². The summed E-state index contributed by atoms with van der Waals surface area (Å²) in [5, 5.41) is 17.3. The summed E-state index contributed by atoms with van der Waals surface area (Å²) in [4.78, 5) is 12.8. The van der Waals surface area contributed by atoms with Gasteiger partial charge in [0.25, 0.3) is 5.69 Å². The maximum atomic E-state index is 13.4. The normalized spacial score (nSPS) is 15.9. The van der Waals surface area contributed by atoms with Gasteiger partial charge in [-0.15, -0.1) is 0 Å². The summed E-state index contributed by atoms with van der Waals surface area (Å²) >= 11 is 0. The molecule has 1 saturated heterocycles. The third kappa shape index (κ3) is 4.37. The van der Waals surface area contributed by atoms with Gasteiger partial charge >= 0.3 is 0 Å². The minimum absolute atomic E-state index is 0.208.